The summed E-state index contributed by atoms with van der Waals surface area (Å²) in [6.45, 7) is 0.538. The topological polar surface area (TPSA) is 24.7 Å². The molecule has 8 aromatic carbocycles. The zero-order valence-electron chi connectivity index (χ0n) is 29.9. The largest absolute Gasteiger partial charge is 0.261 e. The maximum Gasteiger partial charge on any atom is 0.154 e. The van der Waals surface area contributed by atoms with Gasteiger partial charge in [-0.1, -0.05) is 164 Å². The first kappa shape index (κ1) is 33.1. The number of aliphatic imine (C=N–C) groups is 2. The summed E-state index contributed by atoms with van der Waals surface area (Å²) in [5.41, 5.74) is 10.5. The standard InChI is InChI=1S/C51H34N2S2/c1-5-15-35(16-6-1)40-30-44(37-19-9-3-10-20-37)49-45(31-40)48-39(26-28-41(50(48)55-49)36-17-7-2-8-18-36)33-53-51(38-21-11-4-12-22-38)52-32-34-25-27-43-42-23-13-14-24-46(42)54-47(43)29-34/h1-31,33H,32H2. The van der Waals surface area contributed by atoms with Gasteiger partial charge in [0.05, 0.1) is 6.54 Å². The van der Waals surface area contributed by atoms with Crippen LogP contribution >= 0.6 is 22.7 Å². The molecule has 0 fully saturated rings. The van der Waals surface area contributed by atoms with Crippen molar-refractivity contribution in [1.82, 2.24) is 0 Å². The number of hydrogen-bond donors (Lipinski definition) is 0. The molecular weight excluding hydrogens is 705 g/mol. The quantitative estimate of drug-likeness (QED) is 0.115. The van der Waals surface area contributed by atoms with E-state index >= 15 is 0 Å². The molecule has 2 heterocycles. The maximum absolute atomic E-state index is 5.21. The fraction of sp³-hybridized carbons (Fsp3) is 0.0196. The molecular formula is C51H34N2S2. The minimum absolute atomic E-state index is 0.538. The summed E-state index contributed by atoms with van der Waals surface area (Å²) in [7, 11) is 0. The Balaban J connectivity index is 1.15. The minimum Gasteiger partial charge on any atom is -0.261 e. The van der Waals surface area contributed by atoms with Gasteiger partial charge >= 0.3 is 0 Å². The zero-order valence-corrected chi connectivity index (χ0v) is 31.5. The number of fused-ring (bicyclic) bond motifs is 6. The molecule has 2 nitrogen and oxygen atoms in total. The van der Waals surface area contributed by atoms with E-state index in [9.17, 15) is 0 Å². The lowest BCUT2D eigenvalue weighted by Gasteiger charge is -2.10. The van der Waals surface area contributed by atoms with E-state index in [0.717, 1.165) is 11.1 Å². The van der Waals surface area contributed by atoms with E-state index in [2.05, 4.69) is 182 Å². The van der Waals surface area contributed by atoms with Crippen LogP contribution in [0.15, 0.2) is 198 Å². The zero-order chi connectivity index (χ0) is 36.6. The van der Waals surface area contributed by atoms with Gasteiger partial charge in [-0.15, -0.1) is 22.7 Å². The average Bonchev–Trinajstić information content (AvgIpc) is 3.83. The monoisotopic (exact) mass is 738 g/mol. The highest BCUT2D eigenvalue weighted by atomic mass is 32.1. The Morgan fingerprint density at radius 3 is 1.84 bits per heavy atom. The summed E-state index contributed by atoms with van der Waals surface area (Å²) >= 11 is 3.71. The molecule has 0 amide bonds. The molecule has 55 heavy (non-hydrogen) atoms. The Morgan fingerprint density at radius 2 is 1.09 bits per heavy atom. The van der Waals surface area contributed by atoms with E-state index in [1.807, 2.05) is 35.0 Å². The summed E-state index contributed by atoms with van der Waals surface area (Å²) in [4.78, 5) is 10.4. The molecule has 0 spiro atoms. The predicted molar refractivity (Wildman–Crippen MR) is 239 cm³/mol. The Morgan fingerprint density at radius 1 is 0.455 bits per heavy atom. The summed E-state index contributed by atoms with van der Waals surface area (Å²) < 4.78 is 5.12. The minimum atomic E-state index is 0.538. The van der Waals surface area contributed by atoms with Crippen molar-refractivity contribution in [3.05, 3.63) is 205 Å². The fourth-order valence-electron chi connectivity index (χ4n) is 7.55. The first-order valence-electron chi connectivity index (χ1n) is 18.5. The maximum atomic E-state index is 5.21. The first-order valence-corrected chi connectivity index (χ1v) is 20.1. The first-order chi connectivity index (χ1) is 27.3. The van der Waals surface area contributed by atoms with Gasteiger partial charge in [-0.05, 0) is 57.6 Å². The Bertz CT molecular complexity index is 3030. The van der Waals surface area contributed by atoms with Crippen LogP contribution in [0.25, 0.3) is 73.7 Å². The molecule has 4 heteroatoms. The van der Waals surface area contributed by atoms with Crippen LogP contribution in [0.1, 0.15) is 16.7 Å². The summed E-state index contributed by atoms with van der Waals surface area (Å²) in [6, 6.07) is 67.1. The molecule has 0 saturated carbocycles. The second-order valence-electron chi connectivity index (χ2n) is 13.7. The van der Waals surface area contributed by atoms with Crippen molar-refractivity contribution in [2.45, 2.75) is 6.54 Å². The second-order valence-corrected chi connectivity index (χ2v) is 15.8. The molecule has 0 aliphatic carbocycles. The third-order valence-electron chi connectivity index (χ3n) is 10.2. The molecule has 10 aromatic rings. The van der Waals surface area contributed by atoms with Gasteiger partial charge in [0.25, 0.3) is 0 Å². The van der Waals surface area contributed by atoms with Crippen LogP contribution in [0.4, 0.5) is 0 Å². The lowest BCUT2D eigenvalue weighted by atomic mass is 9.94. The normalized spacial score (nSPS) is 12.1. The molecule has 0 saturated heterocycles. The summed E-state index contributed by atoms with van der Waals surface area (Å²) in [5, 5.41) is 5.05. The number of thiophene rings is 2. The highest BCUT2D eigenvalue weighted by Crippen LogP contribution is 2.47. The molecule has 2 aromatic heterocycles. The van der Waals surface area contributed by atoms with Crippen molar-refractivity contribution in [3.63, 3.8) is 0 Å². The third kappa shape index (κ3) is 6.36. The van der Waals surface area contributed by atoms with Gasteiger partial charge in [0, 0.05) is 63.2 Å². The third-order valence-corrected chi connectivity index (χ3v) is 12.6. The molecule has 10 rings (SSSR count). The molecule has 0 aliphatic heterocycles. The van der Waals surface area contributed by atoms with Crippen LogP contribution in [0, 0.1) is 0 Å². The fourth-order valence-corrected chi connectivity index (χ4v) is 10.1. The number of amidine groups is 1. The lowest BCUT2D eigenvalue weighted by molar-refractivity contribution is 1.07. The van der Waals surface area contributed by atoms with Crippen molar-refractivity contribution in [2.75, 3.05) is 0 Å². The molecule has 0 N–H and O–H groups in total. The molecule has 0 radical (unpaired) electrons. The van der Waals surface area contributed by atoms with E-state index in [0.29, 0.717) is 12.4 Å². The summed E-state index contributed by atoms with van der Waals surface area (Å²) in [5.74, 6) is 0.715. The number of benzene rings is 8. The van der Waals surface area contributed by atoms with Crippen molar-refractivity contribution in [1.29, 1.82) is 0 Å². The van der Waals surface area contributed by atoms with Crippen LogP contribution in [-0.2, 0) is 6.54 Å². The van der Waals surface area contributed by atoms with Crippen LogP contribution in [0.5, 0.6) is 0 Å². The summed E-state index contributed by atoms with van der Waals surface area (Å²) in [6.07, 6.45) is 2.03. The molecule has 0 atom stereocenters. The van der Waals surface area contributed by atoms with Gasteiger partial charge in [0.15, 0.2) is 5.84 Å². The van der Waals surface area contributed by atoms with Crippen molar-refractivity contribution < 1.29 is 0 Å². The van der Waals surface area contributed by atoms with Crippen molar-refractivity contribution >= 4 is 75.1 Å². The smallest absolute Gasteiger partial charge is 0.154 e. The van der Waals surface area contributed by atoms with Gasteiger partial charge in [-0.3, -0.25) is 4.99 Å². The molecule has 260 valence electrons. The highest BCUT2D eigenvalue weighted by molar-refractivity contribution is 7.27. The number of rotatable bonds is 7. The Kier molecular flexibility index (Phi) is 8.68. The molecule has 0 unspecified atom stereocenters. The van der Waals surface area contributed by atoms with Gasteiger partial charge in [-0.2, -0.15) is 0 Å². The van der Waals surface area contributed by atoms with E-state index in [1.165, 1.54) is 79.3 Å². The van der Waals surface area contributed by atoms with Crippen LogP contribution in [-0.4, -0.2) is 12.1 Å². The van der Waals surface area contributed by atoms with Gasteiger partial charge in [0.1, 0.15) is 0 Å². The van der Waals surface area contributed by atoms with E-state index in [1.54, 1.807) is 0 Å². The SMILES string of the molecule is C(=NC(=NCc1ccc2c(c1)sc1ccccc12)c1ccccc1)c1ccc(-c2ccccc2)c2sc3c(-c4ccccc4)cc(-c4ccccc4)cc3c12. The van der Waals surface area contributed by atoms with E-state index < -0.39 is 0 Å². The van der Waals surface area contributed by atoms with Crippen LogP contribution in [0.3, 0.4) is 0 Å². The second kappa shape index (κ2) is 14.4. The van der Waals surface area contributed by atoms with Gasteiger partial charge in [-0.25, -0.2) is 4.99 Å². The van der Waals surface area contributed by atoms with Crippen molar-refractivity contribution in [2.24, 2.45) is 9.98 Å². The Labute approximate surface area is 328 Å². The molecule has 0 aliphatic rings. The Hall–Kier alpha value is -6.46. The highest BCUT2D eigenvalue weighted by Gasteiger charge is 2.19. The lowest BCUT2D eigenvalue weighted by Crippen LogP contribution is -2.00. The van der Waals surface area contributed by atoms with Crippen LogP contribution in [0.2, 0.25) is 0 Å². The number of hydrogen-bond acceptors (Lipinski definition) is 3. The predicted octanol–water partition coefficient (Wildman–Crippen LogP) is 14.5. The average molecular weight is 739 g/mol. The number of nitrogens with zero attached hydrogens (tertiary/aromatic N) is 2. The van der Waals surface area contributed by atoms with Crippen molar-refractivity contribution in [3.8, 4) is 33.4 Å². The van der Waals surface area contributed by atoms with Crippen LogP contribution < -0.4 is 0 Å². The van der Waals surface area contributed by atoms with Gasteiger partial charge in [0.2, 0.25) is 0 Å². The van der Waals surface area contributed by atoms with Gasteiger partial charge < -0.3 is 0 Å². The van der Waals surface area contributed by atoms with E-state index in [4.69, 9.17) is 9.98 Å². The molecule has 0 bridgehead atoms. The van der Waals surface area contributed by atoms with E-state index in [-0.39, 0.29) is 0 Å².